The van der Waals surface area contributed by atoms with Gasteiger partial charge in [-0.1, -0.05) is 25.0 Å². The van der Waals surface area contributed by atoms with E-state index in [-0.39, 0.29) is 36.1 Å². The van der Waals surface area contributed by atoms with Gasteiger partial charge in [0.15, 0.2) is 0 Å². The van der Waals surface area contributed by atoms with Crippen LogP contribution in [0.4, 0.5) is 0 Å². The number of ether oxygens (including phenoxy) is 1. The number of nitrogens with one attached hydrogen (secondary N) is 1. The van der Waals surface area contributed by atoms with Crippen LogP contribution in [0.5, 0.6) is 5.75 Å². The molecule has 158 valence electrons. The average Bonchev–Trinajstić information content (AvgIpc) is 3.29. The smallest absolute Gasteiger partial charge is 0.241 e. The first-order chi connectivity index (χ1) is 14.5. The number of fused-ring (bicyclic) bond motifs is 1. The van der Waals surface area contributed by atoms with Gasteiger partial charge >= 0.3 is 0 Å². The van der Waals surface area contributed by atoms with E-state index in [4.69, 9.17) is 4.74 Å². The molecular weight excluding hydrogens is 384 g/mol. The van der Waals surface area contributed by atoms with E-state index >= 15 is 0 Å². The lowest BCUT2D eigenvalue weighted by Crippen LogP contribution is -2.42. The van der Waals surface area contributed by atoms with Crippen LogP contribution in [0.1, 0.15) is 43.1 Å². The zero-order chi connectivity index (χ0) is 21.3. The molecular formula is C22H26N4O4. The van der Waals surface area contributed by atoms with Gasteiger partial charge in [-0.05, 0) is 30.5 Å². The van der Waals surface area contributed by atoms with Crippen LogP contribution in [0.15, 0.2) is 36.7 Å². The van der Waals surface area contributed by atoms with Crippen LogP contribution in [0.2, 0.25) is 0 Å². The molecule has 4 rings (SSSR count). The summed E-state index contributed by atoms with van der Waals surface area (Å²) in [7, 11) is 3.44. The van der Waals surface area contributed by atoms with E-state index in [0.717, 1.165) is 36.1 Å². The molecule has 1 aromatic carbocycles. The third kappa shape index (κ3) is 3.69. The summed E-state index contributed by atoms with van der Waals surface area (Å²) in [5, 5.41) is 2.95. The van der Waals surface area contributed by atoms with Crippen molar-refractivity contribution in [3.63, 3.8) is 0 Å². The molecule has 2 aromatic rings. The molecule has 0 unspecified atom stereocenters. The van der Waals surface area contributed by atoms with Crippen molar-refractivity contribution in [2.45, 2.75) is 31.7 Å². The number of likely N-dealkylation sites (tertiary alicyclic amines) is 1. The number of amides is 3. The number of rotatable bonds is 6. The molecule has 1 aliphatic carbocycles. The Morgan fingerprint density at radius 2 is 1.80 bits per heavy atom. The first-order valence-corrected chi connectivity index (χ1v) is 10.3. The Balaban J connectivity index is 1.53. The molecule has 2 heterocycles. The number of imidazole rings is 1. The van der Waals surface area contributed by atoms with Crippen molar-refractivity contribution in [3.05, 3.63) is 48.0 Å². The Morgan fingerprint density at radius 3 is 2.33 bits per heavy atom. The molecule has 30 heavy (non-hydrogen) atoms. The Hall–Kier alpha value is -3.16. The summed E-state index contributed by atoms with van der Waals surface area (Å²) in [4.78, 5) is 43.8. The van der Waals surface area contributed by atoms with Gasteiger partial charge in [0.1, 0.15) is 24.2 Å². The summed E-state index contributed by atoms with van der Waals surface area (Å²) in [5.74, 6) is 0.0348. The lowest BCUT2D eigenvalue weighted by Gasteiger charge is -2.21. The summed E-state index contributed by atoms with van der Waals surface area (Å²) < 4.78 is 7.04. The minimum absolute atomic E-state index is 0.210. The fourth-order valence-corrected chi connectivity index (χ4v) is 4.49. The highest BCUT2D eigenvalue weighted by atomic mass is 16.5. The number of carbonyl (C=O) groups is 3. The molecule has 0 radical (unpaired) electrons. The summed E-state index contributed by atoms with van der Waals surface area (Å²) in [6.45, 7) is -0.262. The maximum Gasteiger partial charge on any atom is 0.241 e. The average molecular weight is 410 g/mol. The predicted octanol–water partition coefficient (Wildman–Crippen LogP) is 1.81. The maximum atomic E-state index is 12.9. The maximum absolute atomic E-state index is 12.9. The normalized spacial score (nSPS) is 22.0. The predicted molar refractivity (Wildman–Crippen MR) is 108 cm³/mol. The SMILES string of the molecule is COc1ccc([C@H](NC(=O)CN2C(=O)[C@H]3CCCC[C@@H]3C2=O)c2nccn2C)cc1. The Morgan fingerprint density at radius 1 is 1.17 bits per heavy atom. The van der Waals surface area contributed by atoms with Crippen LogP contribution in [-0.4, -0.2) is 45.8 Å². The van der Waals surface area contributed by atoms with Crippen LogP contribution in [-0.2, 0) is 21.4 Å². The number of benzene rings is 1. The second-order valence-electron chi connectivity index (χ2n) is 7.93. The Kier molecular flexibility index (Phi) is 5.57. The van der Waals surface area contributed by atoms with Crippen molar-refractivity contribution in [1.29, 1.82) is 0 Å². The third-order valence-corrected chi connectivity index (χ3v) is 6.11. The van der Waals surface area contributed by atoms with E-state index in [1.165, 1.54) is 0 Å². The molecule has 1 N–H and O–H groups in total. The number of imide groups is 1. The van der Waals surface area contributed by atoms with Crippen molar-refractivity contribution in [3.8, 4) is 5.75 Å². The number of carbonyl (C=O) groups excluding carboxylic acids is 3. The Labute approximate surface area is 175 Å². The molecule has 1 aliphatic heterocycles. The van der Waals surface area contributed by atoms with Gasteiger partial charge in [0.25, 0.3) is 0 Å². The van der Waals surface area contributed by atoms with E-state index in [1.807, 2.05) is 35.9 Å². The van der Waals surface area contributed by atoms with Crippen LogP contribution < -0.4 is 10.1 Å². The minimum atomic E-state index is -0.515. The molecule has 0 spiro atoms. The highest BCUT2D eigenvalue weighted by molar-refractivity contribution is 6.07. The molecule has 3 atom stereocenters. The van der Waals surface area contributed by atoms with Crippen molar-refractivity contribution in [1.82, 2.24) is 19.8 Å². The number of aryl methyl sites for hydroxylation is 1. The molecule has 1 saturated carbocycles. The zero-order valence-electron chi connectivity index (χ0n) is 17.2. The second kappa shape index (κ2) is 8.30. The van der Waals surface area contributed by atoms with E-state index in [0.29, 0.717) is 11.6 Å². The lowest BCUT2D eigenvalue weighted by molar-refractivity contribution is -0.143. The summed E-state index contributed by atoms with van der Waals surface area (Å²) in [5.41, 5.74) is 0.825. The van der Waals surface area contributed by atoms with Crippen molar-refractivity contribution < 1.29 is 19.1 Å². The zero-order valence-corrected chi connectivity index (χ0v) is 17.2. The third-order valence-electron chi connectivity index (χ3n) is 6.11. The summed E-state index contributed by atoms with van der Waals surface area (Å²) in [6, 6.07) is 6.84. The van der Waals surface area contributed by atoms with Gasteiger partial charge in [0.05, 0.1) is 18.9 Å². The van der Waals surface area contributed by atoms with Crippen LogP contribution in [0.3, 0.4) is 0 Å². The molecule has 1 aromatic heterocycles. The van der Waals surface area contributed by atoms with Gasteiger partial charge in [-0.25, -0.2) is 4.98 Å². The fourth-order valence-electron chi connectivity index (χ4n) is 4.49. The topological polar surface area (TPSA) is 93.5 Å². The number of hydrogen-bond acceptors (Lipinski definition) is 5. The Bertz CT molecular complexity index is 928. The number of aromatic nitrogens is 2. The molecule has 2 fully saturated rings. The van der Waals surface area contributed by atoms with Gasteiger partial charge in [-0.3, -0.25) is 19.3 Å². The molecule has 3 amide bonds. The van der Waals surface area contributed by atoms with Crippen LogP contribution in [0.25, 0.3) is 0 Å². The largest absolute Gasteiger partial charge is 0.497 e. The van der Waals surface area contributed by atoms with E-state index < -0.39 is 6.04 Å². The number of nitrogens with zero attached hydrogens (tertiary/aromatic N) is 3. The fraction of sp³-hybridized carbons (Fsp3) is 0.455. The van der Waals surface area contributed by atoms with Gasteiger partial charge < -0.3 is 14.6 Å². The molecule has 8 nitrogen and oxygen atoms in total. The molecule has 0 bridgehead atoms. The molecule has 8 heteroatoms. The monoisotopic (exact) mass is 410 g/mol. The van der Waals surface area contributed by atoms with Gasteiger partial charge in [-0.2, -0.15) is 0 Å². The molecule has 1 saturated heterocycles. The summed E-state index contributed by atoms with van der Waals surface area (Å²) >= 11 is 0. The lowest BCUT2D eigenvalue weighted by atomic mass is 9.81. The number of hydrogen-bond donors (Lipinski definition) is 1. The quantitative estimate of drug-likeness (QED) is 0.733. The van der Waals surface area contributed by atoms with Crippen LogP contribution >= 0.6 is 0 Å². The first kappa shape index (κ1) is 20.1. The first-order valence-electron chi connectivity index (χ1n) is 10.3. The highest BCUT2D eigenvalue weighted by Gasteiger charge is 2.48. The van der Waals surface area contributed by atoms with E-state index in [1.54, 1.807) is 19.5 Å². The minimum Gasteiger partial charge on any atom is -0.497 e. The van der Waals surface area contributed by atoms with Crippen LogP contribution in [0, 0.1) is 11.8 Å². The molecule has 2 aliphatic rings. The number of methoxy groups -OCH3 is 1. The van der Waals surface area contributed by atoms with Gasteiger partial charge in [-0.15, -0.1) is 0 Å². The van der Waals surface area contributed by atoms with E-state index in [2.05, 4.69) is 10.3 Å². The summed E-state index contributed by atoms with van der Waals surface area (Å²) in [6.07, 6.45) is 6.84. The van der Waals surface area contributed by atoms with Crippen molar-refractivity contribution in [2.24, 2.45) is 18.9 Å². The highest BCUT2D eigenvalue weighted by Crippen LogP contribution is 2.37. The van der Waals surface area contributed by atoms with E-state index in [9.17, 15) is 14.4 Å². The van der Waals surface area contributed by atoms with Gasteiger partial charge in [0.2, 0.25) is 17.7 Å². The second-order valence-corrected chi connectivity index (χ2v) is 7.93. The van der Waals surface area contributed by atoms with Crippen molar-refractivity contribution >= 4 is 17.7 Å². The standard InChI is InChI=1S/C22H26N4O4/c1-25-12-11-23-20(25)19(14-7-9-15(30-2)10-8-14)24-18(27)13-26-21(28)16-5-3-4-6-17(16)22(26)29/h7-12,16-17,19H,3-6,13H2,1-2H3,(H,24,27)/t16-,17-,19-/m0/s1. The van der Waals surface area contributed by atoms with Crippen molar-refractivity contribution in [2.75, 3.05) is 13.7 Å². The van der Waals surface area contributed by atoms with Gasteiger partial charge in [0, 0.05) is 19.4 Å².